The molecule has 2 N–H and O–H groups in total. The van der Waals surface area contributed by atoms with Gasteiger partial charge in [0.25, 0.3) is 0 Å². The number of carbonyl (C=O) groups is 1. The molecule has 1 heterocycles. The van der Waals surface area contributed by atoms with Crippen molar-refractivity contribution in [2.75, 3.05) is 0 Å². The summed E-state index contributed by atoms with van der Waals surface area (Å²) in [7, 11) is 1.59. The summed E-state index contributed by atoms with van der Waals surface area (Å²) in [6.45, 7) is 1.63. The lowest BCUT2D eigenvalue weighted by Crippen LogP contribution is -2.54. The topological polar surface area (TPSA) is 90.3 Å². The van der Waals surface area contributed by atoms with Gasteiger partial charge in [-0.15, -0.1) is 26.3 Å². The van der Waals surface area contributed by atoms with Crippen LogP contribution in [0.15, 0.2) is 48.5 Å². The second-order valence-corrected chi connectivity index (χ2v) is 9.51. The van der Waals surface area contributed by atoms with Crippen LogP contribution in [0.4, 0.5) is 31.1 Å². The first-order chi connectivity index (χ1) is 18.7. The lowest BCUT2D eigenvalue weighted by molar-refractivity contribution is -0.275. The van der Waals surface area contributed by atoms with E-state index in [9.17, 15) is 31.1 Å². The number of hydrogen-bond donors (Lipinski definition) is 2. The van der Waals surface area contributed by atoms with E-state index in [-0.39, 0.29) is 23.6 Å². The summed E-state index contributed by atoms with van der Waals surface area (Å²) in [4.78, 5) is 17.8. The Morgan fingerprint density at radius 3 is 1.93 bits per heavy atom. The zero-order chi connectivity index (χ0) is 29.1. The van der Waals surface area contributed by atoms with Crippen LogP contribution in [0.25, 0.3) is 0 Å². The van der Waals surface area contributed by atoms with E-state index in [0.29, 0.717) is 11.6 Å². The maximum absolute atomic E-state index is 13.4. The van der Waals surface area contributed by atoms with Crippen LogP contribution < -0.4 is 20.1 Å². The van der Waals surface area contributed by atoms with Crippen LogP contribution in [0.3, 0.4) is 0 Å². The average molecular weight is 572 g/mol. The number of nitrogens with zero attached hydrogens (tertiary/aromatic N) is 3. The molecule has 1 aromatic heterocycles. The summed E-state index contributed by atoms with van der Waals surface area (Å²) in [5.74, 6) is -0.471. The van der Waals surface area contributed by atoms with Crippen molar-refractivity contribution in [3.63, 3.8) is 0 Å². The minimum atomic E-state index is -5.00. The van der Waals surface area contributed by atoms with Crippen LogP contribution in [-0.2, 0) is 19.0 Å². The van der Waals surface area contributed by atoms with E-state index in [4.69, 9.17) is 0 Å². The van der Waals surface area contributed by atoms with Gasteiger partial charge in [0.05, 0.1) is 5.54 Å². The van der Waals surface area contributed by atoms with Crippen LogP contribution in [0.1, 0.15) is 48.5 Å². The zero-order valence-electron chi connectivity index (χ0n) is 21.6. The number of alkyl halides is 6. The molecule has 0 unspecified atom stereocenters. The van der Waals surface area contributed by atoms with Crippen LogP contribution in [-0.4, -0.2) is 39.6 Å². The first kappa shape index (κ1) is 29.0. The molecule has 8 nitrogen and oxygen atoms in total. The van der Waals surface area contributed by atoms with Crippen molar-refractivity contribution >= 4 is 6.03 Å². The summed E-state index contributed by atoms with van der Waals surface area (Å²) in [6, 6.07) is 8.99. The number of rotatable bonds is 8. The predicted molar refractivity (Wildman–Crippen MR) is 130 cm³/mol. The third-order valence-electron chi connectivity index (χ3n) is 6.52. The number of carbonyl (C=O) groups excluding carboxylic acids is 1. The second kappa shape index (κ2) is 11.3. The van der Waals surface area contributed by atoms with Crippen molar-refractivity contribution in [2.24, 2.45) is 7.05 Å². The highest BCUT2D eigenvalue weighted by Gasteiger charge is 2.41. The molecular weight excluding hydrogens is 544 g/mol. The molecule has 216 valence electrons. The van der Waals surface area contributed by atoms with Gasteiger partial charge in [-0.2, -0.15) is 5.10 Å². The maximum atomic E-state index is 13.4. The second-order valence-electron chi connectivity index (χ2n) is 9.51. The largest absolute Gasteiger partial charge is 0.573 e. The minimum absolute atomic E-state index is 0.0978. The van der Waals surface area contributed by atoms with Crippen molar-refractivity contribution in [1.82, 2.24) is 25.4 Å². The highest BCUT2D eigenvalue weighted by atomic mass is 19.4. The molecule has 40 heavy (non-hydrogen) atoms. The molecule has 0 radical (unpaired) electrons. The monoisotopic (exact) mass is 571 g/mol. The number of aromatic nitrogens is 3. The van der Waals surface area contributed by atoms with Gasteiger partial charge in [0.15, 0.2) is 0 Å². The summed E-state index contributed by atoms with van der Waals surface area (Å²) in [6.07, 6.45) is -6.87. The molecule has 2 aromatic carbocycles. The van der Waals surface area contributed by atoms with Gasteiger partial charge in [0.2, 0.25) is 0 Å². The number of urea groups is 1. The van der Waals surface area contributed by atoms with Gasteiger partial charge in [-0.1, -0.05) is 37.1 Å². The highest BCUT2D eigenvalue weighted by molar-refractivity contribution is 5.76. The van der Waals surface area contributed by atoms with Gasteiger partial charge in [-0.05, 0) is 55.2 Å². The Morgan fingerprint density at radius 1 is 0.950 bits per heavy atom. The van der Waals surface area contributed by atoms with Crippen LogP contribution >= 0.6 is 0 Å². The summed E-state index contributed by atoms with van der Waals surface area (Å²) >= 11 is 0. The summed E-state index contributed by atoms with van der Waals surface area (Å²) in [5.41, 5.74) is -1.53. The number of ether oxygens (including phenoxy) is 2. The molecule has 0 atom stereocenters. The molecule has 2 amide bonds. The van der Waals surface area contributed by atoms with E-state index in [0.717, 1.165) is 49.9 Å². The number of amides is 2. The lowest BCUT2D eigenvalue weighted by Gasteiger charge is -2.36. The predicted octanol–water partition coefficient (Wildman–Crippen LogP) is 5.65. The van der Waals surface area contributed by atoms with E-state index in [1.807, 2.05) is 0 Å². The van der Waals surface area contributed by atoms with Crippen molar-refractivity contribution in [1.29, 1.82) is 0 Å². The fraction of sp³-hybridized carbons (Fsp3) is 0.423. The quantitative estimate of drug-likeness (QED) is 0.341. The molecule has 1 aliphatic rings. The Labute approximate surface area is 225 Å². The van der Waals surface area contributed by atoms with Gasteiger partial charge in [0.1, 0.15) is 23.1 Å². The highest BCUT2D eigenvalue weighted by Crippen LogP contribution is 2.38. The number of benzene rings is 2. The summed E-state index contributed by atoms with van der Waals surface area (Å²) < 4.78 is 88.2. The SMILES string of the molecule is Cc1nc(CC(NC(=O)NC2CCCC2)(c2cccc(OC(F)(F)F)c2)c2cccc(OC(F)(F)F)c2)n(C)n1. The molecule has 3 aromatic rings. The third-order valence-corrected chi connectivity index (χ3v) is 6.52. The van der Waals surface area contributed by atoms with Gasteiger partial charge < -0.3 is 20.1 Å². The Kier molecular flexibility index (Phi) is 8.17. The third kappa shape index (κ3) is 7.36. The maximum Gasteiger partial charge on any atom is 0.573 e. The zero-order valence-corrected chi connectivity index (χ0v) is 21.6. The van der Waals surface area contributed by atoms with Crippen LogP contribution in [0.2, 0.25) is 0 Å². The van der Waals surface area contributed by atoms with Crippen LogP contribution in [0.5, 0.6) is 11.5 Å². The Balaban J connectivity index is 1.89. The normalized spacial score (nSPS) is 14.7. The fourth-order valence-electron chi connectivity index (χ4n) is 4.91. The van der Waals surface area contributed by atoms with Gasteiger partial charge in [0, 0.05) is 19.5 Å². The smallest absolute Gasteiger partial charge is 0.406 e. The molecule has 14 heteroatoms. The van der Waals surface area contributed by atoms with E-state index >= 15 is 0 Å². The van der Waals surface area contributed by atoms with Crippen LogP contribution in [0, 0.1) is 6.92 Å². The molecule has 1 saturated carbocycles. The summed E-state index contributed by atoms with van der Waals surface area (Å²) in [5, 5.41) is 9.93. The number of halogens is 6. The number of aryl methyl sites for hydroxylation is 2. The van der Waals surface area contributed by atoms with Gasteiger partial charge >= 0.3 is 18.8 Å². The minimum Gasteiger partial charge on any atom is -0.406 e. The molecule has 0 aliphatic heterocycles. The molecule has 1 fully saturated rings. The fourth-order valence-corrected chi connectivity index (χ4v) is 4.91. The van der Waals surface area contributed by atoms with E-state index in [1.54, 1.807) is 14.0 Å². The van der Waals surface area contributed by atoms with Crippen molar-refractivity contribution in [3.8, 4) is 11.5 Å². The Morgan fingerprint density at radius 2 is 1.48 bits per heavy atom. The van der Waals surface area contributed by atoms with Crippen molar-refractivity contribution < 1.29 is 40.6 Å². The standard InChI is InChI=1S/C26H27F6N5O3/c1-16-33-22(37(2)36-16)15-24(35-23(38)34-19-9-3-4-10-19,17-7-5-11-20(13-17)39-25(27,28)29)18-8-6-12-21(14-18)40-26(30,31)32/h5-8,11-14,19H,3-4,9-10,15H2,1-2H3,(H2,34,35,38). The van der Waals surface area contributed by atoms with Gasteiger partial charge in [-0.3, -0.25) is 4.68 Å². The van der Waals surface area contributed by atoms with E-state index in [1.165, 1.54) is 28.9 Å². The molecule has 0 spiro atoms. The Hall–Kier alpha value is -3.97. The molecular formula is C26H27F6N5O3. The molecule has 1 aliphatic carbocycles. The molecule has 4 rings (SSSR count). The first-order valence-electron chi connectivity index (χ1n) is 12.4. The van der Waals surface area contributed by atoms with Gasteiger partial charge in [-0.25, -0.2) is 9.78 Å². The van der Waals surface area contributed by atoms with E-state index < -0.39 is 35.8 Å². The molecule has 0 bridgehead atoms. The number of hydrogen-bond acceptors (Lipinski definition) is 5. The van der Waals surface area contributed by atoms with Crippen molar-refractivity contribution in [2.45, 2.75) is 63.3 Å². The molecule has 0 saturated heterocycles. The Bertz CT molecular complexity index is 1280. The number of nitrogens with one attached hydrogen (secondary N) is 2. The van der Waals surface area contributed by atoms with Crippen molar-refractivity contribution in [3.05, 3.63) is 71.3 Å². The average Bonchev–Trinajstić information content (AvgIpc) is 3.45. The first-order valence-corrected chi connectivity index (χ1v) is 12.4. The lowest BCUT2D eigenvalue weighted by atomic mass is 9.79. The van der Waals surface area contributed by atoms with E-state index in [2.05, 4.69) is 30.2 Å².